The standard InChI is InChI=1S/C12H25.4CH2O.4Rh/c1-3-5-7-9-11-12-10-8-6-4-2;4*1-2;;;;/h1,3-12H2,2H3;4*1H2;;;;/q-1;;;;;;;;. The Kier molecular flexibility index (Phi) is 244. The third kappa shape index (κ3) is 110. The Morgan fingerprint density at radius 3 is 0.917 bits per heavy atom. The van der Waals surface area contributed by atoms with Crippen molar-refractivity contribution in [2.24, 2.45) is 0 Å². The maximum Gasteiger partial charge on any atom is 0.106 e. The van der Waals surface area contributed by atoms with Gasteiger partial charge in [0.1, 0.15) is 27.2 Å². The van der Waals surface area contributed by atoms with Crippen LogP contribution in [-0.2, 0) is 97.1 Å². The van der Waals surface area contributed by atoms with Gasteiger partial charge in [0.05, 0.1) is 0 Å². The van der Waals surface area contributed by atoms with Crippen LogP contribution in [0.1, 0.15) is 71.1 Å². The van der Waals surface area contributed by atoms with E-state index in [1.54, 1.807) is 0 Å². The minimum absolute atomic E-state index is 0. The summed E-state index contributed by atoms with van der Waals surface area (Å²) in [5, 5.41) is 0. The van der Waals surface area contributed by atoms with E-state index >= 15 is 0 Å². The van der Waals surface area contributed by atoms with Crippen molar-refractivity contribution in [2.45, 2.75) is 71.1 Å². The molecule has 0 fully saturated rings. The molecule has 0 bridgehead atoms. The first-order valence-electron chi connectivity index (χ1n) is 6.86. The first kappa shape index (κ1) is 56.2. The molecule has 0 aliphatic heterocycles. The second-order valence-corrected chi connectivity index (χ2v) is 3.68. The predicted octanol–water partition coefficient (Wildman–Crippen LogP) is 3.99. The van der Waals surface area contributed by atoms with Crippen molar-refractivity contribution in [1.82, 2.24) is 0 Å². The maximum atomic E-state index is 8.00. The predicted molar refractivity (Wildman–Crippen MR) is 85.7 cm³/mol. The average Bonchev–Trinajstić information content (AvgIpc) is 2.57. The van der Waals surface area contributed by atoms with Crippen LogP contribution in [0.3, 0.4) is 0 Å². The summed E-state index contributed by atoms with van der Waals surface area (Å²) >= 11 is 0. The van der Waals surface area contributed by atoms with Gasteiger partial charge in [-0.3, -0.25) is 0 Å². The third-order valence-electron chi connectivity index (χ3n) is 2.35. The molecule has 0 heterocycles. The molecule has 0 rings (SSSR count). The van der Waals surface area contributed by atoms with Gasteiger partial charge in [0.2, 0.25) is 0 Å². The van der Waals surface area contributed by atoms with Gasteiger partial charge in [0.25, 0.3) is 0 Å². The zero-order valence-electron chi connectivity index (χ0n) is 14.6. The molecule has 0 aromatic carbocycles. The van der Waals surface area contributed by atoms with Gasteiger partial charge in [-0.15, -0.1) is 0 Å². The van der Waals surface area contributed by atoms with Crippen molar-refractivity contribution in [2.75, 3.05) is 0 Å². The smallest absolute Gasteiger partial charge is 0.106 e. The second-order valence-electron chi connectivity index (χ2n) is 3.68. The largest absolute Gasteiger partial charge is 0.343 e. The molecule has 0 aromatic heterocycles. The molecule has 0 unspecified atom stereocenters. The van der Waals surface area contributed by atoms with Crippen LogP contribution in [0, 0.1) is 6.92 Å². The Morgan fingerprint density at radius 2 is 0.708 bits per heavy atom. The summed E-state index contributed by atoms with van der Waals surface area (Å²) in [5.41, 5.74) is 0. The number of carbonyl (C=O) groups is 4. The fourth-order valence-electron chi connectivity index (χ4n) is 1.49. The third-order valence-corrected chi connectivity index (χ3v) is 2.35. The van der Waals surface area contributed by atoms with Crippen molar-refractivity contribution in [3.63, 3.8) is 0 Å². The molecule has 158 valence electrons. The summed E-state index contributed by atoms with van der Waals surface area (Å²) in [4.78, 5) is 32.0. The normalized spacial score (nSPS) is 5.92. The van der Waals surface area contributed by atoms with Gasteiger partial charge in [-0.05, 0) is 0 Å². The van der Waals surface area contributed by atoms with Gasteiger partial charge in [-0.1, -0.05) is 64.7 Å². The van der Waals surface area contributed by atoms with Crippen molar-refractivity contribution in [1.29, 1.82) is 0 Å². The van der Waals surface area contributed by atoms with Crippen molar-refractivity contribution in [3.8, 4) is 0 Å². The average molecular weight is 701 g/mol. The summed E-state index contributed by atoms with van der Waals surface area (Å²) in [6, 6.07) is 0. The Morgan fingerprint density at radius 1 is 0.500 bits per heavy atom. The topological polar surface area (TPSA) is 68.3 Å². The second kappa shape index (κ2) is 104. The number of unbranched alkanes of at least 4 members (excludes halogenated alkanes) is 9. The van der Waals surface area contributed by atoms with E-state index < -0.39 is 0 Å². The summed E-state index contributed by atoms with van der Waals surface area (Å²) in [6.45, 7) is 14.1. The van der Waals surface area contributed by atoms with Crippen molar-refractivity contribution >= 4 is 27.2 Å². The molecule has 24 heavy (non-hydrogen) atoms. The molecule has 8 heteroatoms. The molecular formula is C16H33O4Rh4-. The van der Waals surface area contributed by atoms with Gasteiger partial charge in [0, 0.05) is 77.9 Å². The van der Waals surface area contributed by atoms with Gasteiger partial charge >= 0.3 is 0 Å². The van der Waals surface area contributed by atoms with E-state index in [0.29, 0.717) is 0 Å². The molecule has 0 N–H and O–H groups in total. The maximum absolute atomic E-state index is 8.00. The van der Waals surface area contributed by atoms with E-state index in [1.165, 1.54) is 57.8 Å². The van der Waals surface area contributed by atoms with E-state index in [9.17, 15) is 0 Å². The van der Waals surface area contributed by atoms with Crippen LogP contribution in [0.4, 0.5) is 0 Å². The molecule has 0 amide bonds. The minimum Gasteiger partial charge on any atom is -0.343 e. The van der Waals surface area contributed by atoms with Crippen molar-refractivity contribution in [3.05, 3.63) is 6.92 Å². The van der Waals surface area contributed by atoms with Gasteiger partial charge in [-0.25, -0.2) is 0 Å². The van der Waals surface area contributed by atoms with Gasteiger partial charge in [-0.2, -0.15) is 6.42 Å². The van der Waals surface area contributed by atoms with Crippen LogP contribution in [-0.4, -0.2) is 27.2 Å². The molecular weight excluding hydrogens is 668 g/mol. The number of hydrogen-bond donors (Lipinski definition) is 0. The van der Waals surface area contributed by atoms with Crippen LogP contribution in [0.2, 0.25) is 0 Å². The van der Waals surface area contributed by atoms with E-state index in [0.717, 1.165) is 6.42 Å². The van der Waals surface area contributed by atoms with Crippen molar-refractivity contribution < 1.29 is 97.1 Å². The monoisotopic (exact) mass is 701 g/mol. The van der Waals surface area contributed by atoms with E-state index in [4.69, 9.17) is 19.2 Å². The van der Waals surface area contributed by atoms with Crippen LogP contribution in [0.15, 0.2) is 0 Å². The Balaban J connectivity index is -0.0000000235. The SMILES string of the molecule is C=O.C=O.C=O.C=O.[CH2-]CCCCCCCCCCC.[Rh].[Rh].[Rh].[Rh]. The quantitative estimate of drug-likeness (QED) is 0.208. The number of hydrogen-bond acceptors (Lipinski definition) is 4. The van der Waals surface area contributed by atoms with Crippen LogP contribution in [0.5, 0.6) is 0 Å². The molecule has 0 aliphatic carbocycles. The minimum atomic E-state index is 0. The molecule has 4 nitrogen and oxygen atoms in total. The fourth-order valence-corrected chi connectivity index (χ4v) is 1.49. The van der Waals surface area contributed by atoms with E-state index in [-0.39, 0.29) is 77.9 Å². The molecule has 0 spiro atoms. The zero-order valence-corrected chi connectivity index (χ0v) is 21.1. The zero-order chi connectivity index (χ0) is 17.1. The van der Waals surface area contributed by atoms with E-state index in [1.807, 2.05) is 27.2 Å². The number of carbonyl (C=O) groups excluding carboxylic acids is 4. The Bertz CT molecular complexity index is 119. The first-order chi connectivity index (χ1) is 9.91. The molecule has 0 aromatic rings. The Hall–Kier alpha value is 1.17. The molecule has 4 radical (unpaired) electrons. The van der Waals surface area contributed by atoms with Crippen LogP contribution in [0.25, 0.3) is 0 Å². The van der Waals surface area contributed by atoms with Crippen LogP contribution >= 0.6 is 0 Å². The molecule has 0 aliphatic rings. The summed E-state index contributed by atoms with van der Waals surface area (Å²) in [5.74, 6) is 0. The van der Waals surface area contributed by atoms with Crippen LogP contribution < -0.4 is 0 Å². The first-order valence-corrected chi connectivity index (χ1v) is 6.86. The molecule has 0 atom stereocenters. The molecule has 0 saturated heterocycles. The summed E-state index contributed by atoms with van der Waals surface area (Å²) in [7, 11) is 0. The van der Waals surface area contributed by atoms with E-state index in [2.05, 4.69) is 13.8 Å². The molecule has 0 saturated carbocycles. The fraction of sp³-hybridized carbons (Fsp3) is 0.688. The summed E-state index contributed by atoms with van der Waals surface area (Å²) < 4.78 is 0. The van der Waals surface area contributed by atoms with Gasteiger partial charge in [0.15, 0.2) is 0 Å². The van der Waals surface area contributed by atoms with Gasteiger partial charge < -0.3 is 26.1 Å². The summed E-state index contributed by atoms with van der Waals surface area (Å²) in [6.07, 6.45) is 13.9. The Labute approximate surface area is 200 Å². The number of rotatable bonds is 9.